The Balaban J connectivity index is 2.47. The average Bonchev–Trinajstić information content (AvgIpc) is 2.64. The zero-order valence-electron chi connectivity index (χ0n) is 8.77. The number of aryl methyl sites for hydroxylation is 1. The highest BCUT2D eigenvalue weighted by molar-refractivity contribution is 5.78. The van der Waals surface area contributed by atoms with Crippen LogP contribution in [0.15, 0.2) is 24.3 Å². The van der Waals surface area contributed by atoms with Crippen LogP contribution in [-0.2, 0) is 6.54 Å². The van der Waals surface area contributed by atoms with Gasteiger partial charge in [-0.15, -0.1) is 0 Å². The summed E-state index contributed by atoms with van der Waals surface area (Å²) >= 11 is 0. The SMILES string of the molecule is CCCCn1c(NO)nc2ccccc21. The second-order valence-corrected chi connectivity index (χ2v) is 3.54. The molecule has 1 heterocycles. The third-order valence-electron chi connectivity index (χ3n) is 2.49. The van der Waals surface area contributed by atoms with Crippen molar-refractivity contribution in [2.45, 2.75) is 26.3 Å². The number of benzene rings is 1. The fourth-order valence-corrected chi connectivity index (χ4v) is 1.70. The molecule has 0 spiro atoms. The molecule has 2 aromatic rings. The summed E-state index contributed by atoms with van der Waals surface area (Å²) in [6.07, 6.45) is 2.20. The summed E-state index contributed by atoms with van der Waals surface area (Å²) in [4.78, 5) is 4.29. The summed E-state index contributed by atoms with van der Waals surface area (Å²) in [5.41, 5.74) is 4.11. The quantitative estimate of drug-likeness (QED) is 0.754. The number of hydrogen-bond acceptors (Lipinski definition) is 3. The van der Waals surface area contributed by atoms with Crippen molar-refractivity contribution in [1.82, 2.24) is 9.55 Å². The van der Waals surface area contributed by atoms with Gasteiger partial charge in [0.1, 0.15) is 0 Å². The molecular formula is C11H15N3O. The molecule has 0 unspecified atom stereocenters. The number of aromatic nitrogens is 2. The van der Waals surface area contributed by atoms with Crippen molar-refractivity contribution in [2.24, 2.45) is 0 Å². The standard InChI is InChI=1S/C11H15N3O/c1-2-3-8-14-10-7-5-4-6-9(10)12-11(14)13-15/h4-7,15H,2-3,8H2,1H3,(H,12,13). The van der Waals surface area contributed by atoms with Gasteiger partial charge in [-0.05, 0) is 18.6 Å². The molecule has 0 radical (unpaired) electrons. The molecule has 15 heavy (non-hydrogen) atoms. The highest BCUT2D eigenvalue weighted by Gasteiger charge is 2.08. The Kier molecular flexibility index (Phi) is 2.87. The average molecular weight is 205 g/mol. The smallest absolute Gasteiger partial charge is 0.228 e. The summed E-state index contributed by atoms with van der Waals surface area (Å²) in [6.45, 7) is 3.02. The van der Waals surface area contributed by atoms with Crippen molar-refractivity contribution in [3.8, 4) is 0 Å². The van der Waals surface area contributed by atoms with Gasteiger partial charge in [0.25, 0.3) is 0 Å². The number of nitrogens with one attached hydrogen (secondary N) is 1. The molecule has 0 amide bonds. The van der Waals surface area contributed by atoms with E-state index in [0.717, 1.165) is 30.4 Å². The van der Waals surface area contributed by atoms with Crippen molar-refractivity contribution in [3.05, 3.63) is 24.3 Å². The Labute approximate surface area is 88.5 Å². The Hall–Kier alpha value is -1.55. The first kappa shape index (κ1) is 9.98. The number of para-hydroxylation sites is 2. The van der Waals surface area contributed by atoms with Gasteiger partial charge in [0.05, 0.1) is 11.0 Å². The predicted molar refractivity (Wildman–Crippen MR) is 60.1 cm³/mol. The minimum absolute atomic E-state index is 0.518. The first-order valence-corrected chi connectivity index (χ1v) is 5.22. The van der Waals surface area contributed by atoms with E-state index in [1.165, 1.54) is 0 Å². The highest BCUT2D eigenvalue weighted by Crippen LogP contribution is 2.19. The molecule has 2 N–H and O–H groups in total. The molecule has 0 saturated carbocycles. The van der Waals surface area contributed by atoms with Crippen LogP contribution < -0.4 is 5.48 Å². The lowest BCUT2D eigenvalue weighted by molar-refractivity contribution is 0.378. The van der Waals surface area contributed by atoms with E-state index in [0.29, 0.717) is 5.95 Å². The van der Waals surface area contributed by atoms with Crippen molar-refractivity contribution < 1.29 is 5.21 Å². The molecular weight excluding hydrogens is 190 g/mol. The molecule has 4 heteroatoms. The number of nitrogens with zero attached hydrogens (tertiary/aromatic N) is 2. The molecule has 4 nitrogen and oxygen atoms in total. The largest absolute Gasteiger partial charge is 0.309 e. The maximum absolute atomic E-state index is 8.99. The van der Waals surface area contributed by atoms with E-state index in [9.17, 15) is 0 Å². The van der Waals surface area contributed by atoms with E-state index >= 15 is 0 Å². The molecule has 0 aliphatic rings. The number of unbranched alkanes of at least 4 members (excludes halogenated alkanes) is 1. The molecule has 0 aliphatic carbocycles. The summed E-state index contributed by atoms with van der Waals surface area (Å²) in [7, 11) is 0. The monoisotopic (exact) mass is 205 g/mol. The number of imidazole rings is 1. The molecule has 0 atom stereocenters. The van der Waals surface area contributed by atoms with Crippen molar-refractivity contribution >= 4 is 17.0 Å². The minimum atomic E-state index is 0.518. The molecule has 0 saturated heterocycles. The lowest BCUT2D eigenvalue weighted by Gasteiger charge is -2.06. The molecule has 2 rings (SSSR count). The number of hydrogen-bond donors (Lipinski definition) is 2. The second kappa shape index (κ2) is 4.31. The van der Waals surface area contributed by atoms with Gasteiger partial charge in [-0.2, -0.15) is 0 Å². The van der Waals surface area contributed by atoms with Gasteiger partial charge >= 0.3 is 0 Å². The van der Waals surface area contributed by atoms with Gasteiger partial charge in [-0.3, -0.25) is 5.21 Å². The summed E-state index contributed by atoms with van der Waals surface area (Å²) in [6, 6.07) is 7.88. The van der Waals surface area contributed by atoms with Gasteiger partial charge in [-0.25, -0.2) is 10.5 Å². The van der Waals surface area contributed by atoms with Crippen LogP contribution in [0.5, 0.6) is 0 Å². The Morgan fingerprint density at radius 1 is 1.40 bits per heavy atom. The summed E-state index contributed by atoms with van der Waals surface area (Å²) in [5, 5.41) is 8.99. The predicted octanol–water partition coefficient (Wildman–Crippen LogP) is 2.64. The van der Waals surface area contributed by atoms with Crippen LogP contribution in [0, 0.1) is 0 Å². The van der Waals surface area contributed by atoms with Crippen LogP contribution in [0.25, 0.3) is 11.0 Å². The summed E-state index contributed by atoms with van der Waals surface area (Å²) < 4.78 is 2.00. The number of anilines is 1. The fourth-order valence-electron chi connectivity index (χ4n) is 1.70. The third kappa shape index (κ3) is 1.80. The maximum Gasteiger partial charge on any atom is 0.228 e. The highest BCUT2D eigenvalue weighted by atomic mass is 16.5. The molecule has 1 aromatic heterocycles. The molecule has 80 valence electrons. The lowest BCUT2D eigenvalue weighted by Crippen LogP contribution is -2.03. The lowest BCUT2D eigenvalue weighted by atomic mass is 10.3. The maximum atomic E-state index is 8.99. The van der Waals surface area contributed by atoms with Crippen LogP contribution in [0.3, 0.4) is 0 Å². The summed E-state index contributed by atoms with van der Waals surface area (Å²) in [5.74, 6) is 0.518. The van der Waals surface area contributed by atoms with E-state index in [1.807, 2.05) is 28.8 Å². The van der Waals surface area contributed by atoms with Gasteiger partial charge in [0, 0.05) is 6.54 Å². The number of rotatable bonds is 4. The van der Waals surface area contributed by atoms with Crippen molar-refractivity contribution in [3.63, 3.8) is 0 Å². The van der Waals surface area contributed by atoms with Crippen LogP contribution in [-0.4, -0.2) is 14.8 Å². The van der Waals surface area contributed by atoms with Crippen LogP contribution in [0.4, 0.5) is 5.95 Å². The van der Waals surface area contributed by atoms with Crippen LogP contribution in [0.1, 0.15) is 19.8 Å². The third-order valence-corrected chi connectivity index (χ3v) is 2.49. The Bertz CT molecular complexity index is 450. The van der Waals surface area contributed by atoms with Gasteiger partial charge in [0.2, 0.25) is 5.95 Å². The van der Waals surface area contributed by atoms with Crippen molar-refractivity contribution in [2.75, 3.05) is 5.48 Å². The molecule has 0 bridgehead atoms. The van der Waals surface area contributed by atoms with Crippen molar-refractivity contribution in [1.29, 1.82) is 0 Å². The van der Waals surface area contributed by atoms with Gasteiger partial charge in [0.15, 0.2) is 0 Å². The van der Waals surface area contributed by atoms with E-state index in [1.54, 1.807) is 0 Å². The van der Waals surface area contributed by atoms with Crippen LogP contribution >= 0.6 is 0 Å². The molecule has 0 fully saturated rings. The Morgan fingerprint density at radius 3 is 2.93 bits per heavy atom. The number of fused-ring (bicyclic) bond motifs is 1. The zero-order chi connectivity index (χ0) is 10.7. The van der Waals surface area contributed by atoms with E-state index in [4.69, 9.17) is 5.21 Å². The first-order chi connectivity index (χ1) is 7.36. The van der Waals surface area contributed by atoms with E-state index in [-0.39, 0.29) is 0 Å². The van der Waals surface area contributed by atoms with E-state index in [2.05, 4.69) is 17.4 Å². The topological polar surface area (TPSA) is 50.1 Å². The molecule has 1 aromatic carbocycles. The van der Waals surface area contributed by atoms with Gasteiger partial charge in [-0.1, -0.05) is 25.5 Å². The van der Waals surface area contributed by atoms with E-state index < -0.39 is 0 Å². The second-order valence-electron chi connectivity index (χ2n) is 3.54. The zero-order valence-corrected chi connectivity index (χ0v) is 8.77. The van der Waals surface area contributed by atoms with Crippen LogP contribution in [0.2, 0.25) is 0 Å². The first-order valence-electron chi connectivity index (χ1n) is 5.22. The minimum Gasteiger partial charge on any atom is -0.309 e. The Morgan fingerprint density at radius 2 is 2.20 bits per heavy atom. The van der Waals surface area contributed by atoms with Gasteiger partial charge < -0.3 is 4.57 Å². The molecule has 0 aliphatic heterocycles. The fraction of sp³-hybridized carbons (Fsp3) is 0.364. The normalized spacial score (nSPS) is 10.8.